The maximum Gasteiger partial charge on any atom is 0.0209 e. The molecular formula is C13H30N2. The van der Waals surface area contributed by atoms with Gasteiger partial charge in [0.15, 0.2) is 0 Å². The lowest BCUT2D eigenvalue weighted by Gasteiger charge is -2.19. The van der Waals surface area contributed by atoms with E-state index >= 15 is 0 Å². The molecule has 1 rings (SSSR count). The summed E-state index contributed by atoms with van der Waals surface area (Å²) in [5.41, 5.74) is 0. The molecular weight excluding hydrogens is 184 g/mol. The molecule has 0 radical (unpaired) electrons. The van der Waals surface area contributed by atoms with E-state index in [-0.39, 0.29) is 1.43 Å². The van der Waals surface area contributed by atoms with Crippen LogP contribution in [0.4, 0.5) is 0 Å². The molecule has 1 N–H and O–H groups in total. The molecule has 1 fully saturated rings. The molecule has 0 aromatic rings. The highest BCUT2D eigenvalue weighted by atomic mass is 15.2. The maximum absolute atomic E-state index is 3.63. The van der Waals surface area contributed by atoms with Gasteiger partial charge in [-0.1, -0.05) is 34.1 Å². The summed E-state index contributed by atoms with van der Waals surface area (Å²) in [6.07, 6.45) is 4.02. The van der Waals surface area contributed by atoms with E-state index in [1.165, 1.54) is 38.9 Å². The molecule has 1 saturated heterocycles. The largest absolute Gasteiger partial charge is 0.310 e. The summed E-state index contributed by atoms with van der Waals surface area (Å²) in [5.74, 6) is 0.891. The highest BCUT2D eigenvalue weighted by Crippen LogP contribution is 2.13. The summed E-state index contributed by atoms with van der Waals surface area (Å²) >= 11 is 0. The molecule has 15 heavy (non-hydrogen) atoms. The average Bonchev–Trinajstić information content (AvgIpc) is 2.61. The molecule has 1 unspecified atom stereocenters. The smallest absolute Gasteiger partial charge is 0.0209 e. The van der Waals surface area contributed by atoms with E-state index in [1.807, 2.05) is 0 Å². The molecule has 1 aliphatic rings. The second-order valence-electron chi connectivity index (χ2n) is 5.41. The zero-order valence-corrected chi connectivity index (χ0v) is 10.9. The van der Waals surface area contributed by atoms with Crippen LogP contribution in [0.15, 0.2) is 0 Å². The maximum atomic E-state index is 3.63. The van der Waals surface area contributed by atoms with E-state index in [9.17, 15) is 0 Å². The van der Waals surface area contributed by atoms with Crippen LogP contribution in [0.2, 0.25) is 0 Å². The minimum Gasteiger partial charge on any atom is -0.310 e. The van der Waals surface area contributed by atoms with Gasteiger partial charge in [-0.25, -0.2) is 0 Å². The summed E-state index contributed by atoms with van der Waals surface area (Å²) in [5, 5.41) is 3.63. The van der Waals surface area contributed by atoms with E-state index in [4.69, 9.17) is 0 Å². The Kier molecular flexibility index (Phi) is 5.62. The molecule has 92 valence electrons. The van der Waals surface area contributed by atoms with Gasteiger partial charge in [-0.2, -0.15) is 0 Å². The van der Waals surface area contributed by atoms with Gasteiger partial charge in [0, 0.05) is 20.1 Å². The van der Waals surface area contributed by atoms with Gasteiger partial charge >= 0.3 is 0 Å². The highest BCUT2D eigenvalue weighted by Gasteiger charge is 2.22. The first kappa shape index (κ1) is 13.0. The summed E-state index contributed by atoms with van der Waals surface area (Å²) in [6, 6.07) is 1.37. The van der Waals surface area contributed by atoms with Crippen LogP contribution >= 0.6 is 0 Å². The highest BCUT2D eigenvalue weighted by molar-refractivity contribution is 4.82. The summed E-state index contributed by atoms with van der Waals surface area (Å²) in [7, 11) is 0. The van der Waals surface area contributed by atoms with Gasteiger partial charge in [-0.3, -0.25) is 0 Å². The van der Waals surface area contributed by atoms with Crippen molar-refractivity contribution in [2.24, 2.45) is 5.92 Å². The molecule has 0 aromatic heterocycles. The normalized spacial score (nSPS) is 25.0. The molecule has 0 amide bonds. The van der Waals surface area contributed by atoms with Crippen molar-refractivity contribution in [3.63, 3.8) is 0 Å². The molecule has 1 heterocycles. The van der Waals surface area contributed by atoms with Crippen molar-refractivity contribution >= 4 is 0 Å². The van der Waals surface area contributed by atoms with Crippen LogP contribution in [0, 0.1) is 5.92 Å². The van der Waals surface area contributed by atoms with E-state index in [0.29, 0.717) is 6.04 Å². The first-order chi connectivity index (χ1) is 7.11. The molecule has 0 aromatic carbocycles. The molecule has 0 spiro atoms. The van der Waals surface area contributed by atoms with E-state index in [0.717, 1.165) is 12.0 Å². The Morgan fingerprint density at radius 3 is 2.73 bits per heavy atom. The minimum absolute atomic E-state index is 0. The minimum atomic E-state index is 0. The lowest BCUT2D eigenvalue weighted by Crippen LogP contribution is -2.37. The molecule has 2 nitrogen and oxygen atoms in total. The average molecular weight is 214 g/mol. The Hall–Kier alpha value is -0.0800. The molecule has 2 atom stereocenters. The van der Waals surface area contributed by atoms with E-state index in [2.05, 4.69) is 37.9 Å². The van der Waals surface area contributed by atoms with Crippen LogP contribution in [-0.2, 0) is 0 Å². The Balaban J connectivity index is 0.00000225. The predicted octanol–water partition coefficient (Wildman–Crippen LogP) is 2.74. The van der Waals surface area contributed by atoms with Crippen LogP contribution in [0.5, 0.6) is 0 Å². The first-order valence-electron chi connectivity index (χ1n) is 6.60. The van der Waals surface area contributed by atoms with Crippen LogP contribution in [0.1, 0.15) is 48.4 Å². The number of hydrogen-bond donors (Lipinski definition) is 1. The van der Waals surface area contributed by atoms with Crippen molar-refractivity contribution in [1.29, 1.82) is 0 Å². The second-order valence-corrected chi connectivity index (χ2v) is 5.41. The van der Waals surface area contributed by atoms with Gasteiger partial charge in [0.05, 0.1) is 0 Å². The zero-order chi connectivity index (χ0) is 11.3. The van der Waals surface area contributed by atoms with Gasteiger partial charge < -0.3 is 10.2 Å². The van der Waals surface area contributed by atoms with Gasteiger partial charge in [-0.05, 0) is 31.8 Å². The first-order valence-corrected chi connectivity index (χ1v) is 6.60. The Labute approximate surface area is 96.9 Å². The van der Waals surface area contributed by atoms with Gasteiger partial charge in [0.2, 0.25) is 0 Å². The number of rotatable bonds is 6. The van der Waals surface area contributed by atoms with Crippen LogP contribution in [0.25, 0.3) is 0 Å². The van der Waals surface area contributed by atoms with Crippen molar-refractivity contribution in [3.8, 4) is 0 Å². The third kappa shape index (κ3) is 4.98. The monoisotopic (exact) mass is 214 g/mol. The van der Waals surface area contributed by atoms with Gasteiger partial charge in [0.25, 0.3) is 0 Å². The molecule has 1 aliphatic heterocycles. The lowest BCUT2D eigenvalue weighted by molar-refractivity contribution is 0.296. The van der Waals surface area contributed by atoms with Gasteiger partial charge in [0.1, 0.15) is 0 Å². The third-order valence-electron chi connectivity index (χ3n) is 3.48. The number of nitrogens with zero attached hydrogens (tertiary/aromatic N) is 1. The predicted molar refractivity (Wildman–Crippen MR) is 69.3 cm³/mol. The summed E-state index contributed by atoms with van der Waals surface area (Å²) < 4.78 is 0. The summed E-state index contributed by atoms with van der Waals surface area (Å²) in [6.45, 7) is 13.0. The number of hydrogen-bond acceptors (Lipinski definition) is 2. The third-order valence-corrected chi connectivity index (χ3v) is 3.48. The SMILES string of the molecule is CCC(C)CCN1CC[C@H](NC(C)C)C1.[HH]. The van der Waals surface area contributed by atoms with Crippen LogP contribution in [0.3, 0.4) is 0 Å². The van der Waals surface area contributed by atoms with E-state index in [1.54, 1.807) is 0 Å². The van der Waals surface area contributed by atoms with Crippen molar-refractivity contribution < 1.29 is 1.43 Å². The lowest BCUT2D eigenvalue weighted by atomic mass is 10.1. The van der Waals surface area contributed by atoms with Crippen molar-refractivity contribution in [1.82, 2.24) is 10.2 Å². The standard InChI is InChI=1S/C13H28N2.H2/c1-5-12(4)6-8-15-9-7-13(10-15)14-11(2)3;/h11-14H,5-10H2,1-4H3;1H/t12?,13-;/m0./s1. The molecule has 2 heteroatoms. The summed E-state index contributed by atoms with van der Waals surface area (Å²) in [4.78, 5) is 2.62. The number of nitrogens with one attached hydrogen (secondary N) is 1. The quantitative estimate of drug-likeness (QED) is 0.731. The molecule has 0 aliphatic carbocycles. The van der Waals surface area contributed by atoms with Crippen LogP contribution in [-0.4, -0.2) is 36.6 Å². The Bertz CT molecular complexity index is 173. The Morgan fingerprint density at radius 1 is 1.40 bits per heavy atom. The zero-order valence-electron chi connectivity index (χ0n) is 10.9. The fraction of sp³-hybridized carbons (Fsp3) is 1.00. The van der Waals surface area contributed by atoms with Gasteiger partial charge in [-0.15, -0.1) is 0 Å². The fourth-order valence-electron chi connectivity index (χ4n) is 2.25. The topological polar surface area (TPSA) is 15.3 Å². The molecule has 0 saturated carbocycles. The molecule has 0 bridgehead atoms. The van der Waals surface area contributed by atoms with Crippen molar-refractivity contribution in [2.45, 2.75) is 59.0 Å². The fourth-order valence-corrected chi connectivity index (χ4v) is 2.25. The van der Waals surface area contributed by atoms with Crippen LogP contribution < -0.4 is 5.32 Å². The van der Waals surface area contributed by atoms with Crippen molar-refractivity contribution in [3.05, 3.63) is 0 Å². The number of likely N-dealkylation sites (tertiary alicyclic amines) is 1. The Morgan fingerprint density at radius 2 is 2.13 bits per heavy atom. The second kappa shape index (κ2) is 6.49. The van der Waals surface area contributed by atoms with E-state index < -0.39 is 0 Å². The van der Waals surface area contributed by atoms with Crippen molar-refractivity contribution in [2.75, 3.05) is 19.6 Å².